The number of nitrogens with zero attached hydrogens (tertiary/aromatic N) is 1. The molecular weight excluding hydrogens is 248 g/mol. The maximum atomic E-state index is 11.7. The molecule has 0 radical (unpaired) electrons. The number of pyridine rings is 1. The molecule has 1 aliphatic heterocycles. The van der Waals surface area contributed by atoms with E-state index in [1.54, 1.807) is 26.0 Å². The molecule has 0 aliphatic carbocycles. The normalized spacial score (nSPS) is 17.8. The van der Waals surface area contributed by atoms with Crippen LogP contribution in [0.3, 0.4) is 0 Å². The molecule has 74 valence electrons. The van der Waals surface area contributed by atoms with E-state index in [9.17, 15) is 9.59 Å². The standard InChI is InChI=1S/C9H9BrN2O2/c1-9(2)11-7(13)6-4-3-5(10)8(14)12(6)9/h3-4H,1-2H3,(H,11,13). The molecule has 0 atom stereocenters. The molecule has 0 unspecified atom stereocenters. The average molecular weight is 257 g/mol. The minimum atomic E-state index is -0.646. The van der Waals surface area contributed by atoms with E-state index in [4.69, 9.17) is 0 Å². The van der Waals surface area contributed by atoms with E-state index in [2.05, 4.69) is 21.2 Å². The summed E-state index contributed by atoms with van der Waals surface area (Å²) < 4.78 is 1.92. The lowest BCUT2D eigenvalue weighted by molar-refractivity contribution is 0.0935. The number of amides is 1. The van der Waals surface area contributed by atoms with Gasteiger partial charge in [-0.3, -0.25) is 14.2 Å². The molecule has 0 fully saturated rings. The van der Waals surface area contributed by atoms with Gasteiger partial charge in [0.1, 0.15) is 11.4 Å². The fraction of sp³-hybridized carbons (Fsp3) is 0.333. The van der Waals surface area contributed by atoms with Gasteiger partial charge in [-0.25, -0.2) is 0 Å². The lowest BCUT2D eigenvalue weighted by atomic mass is 10.2. The zero-order chi connectivity index (χ0) is 10.5. The van der Waals surface area contributed by atoms with Gasteiger partial charge in [0.25, 0.3) is 11.5 Å². The van der Waals surface area contributed by atoms with Gasteiger partial charge in [0.2, 0.25) is 0 Å². The van der Waals surface area contributed by atoms with Crippen LogP contribution >= 0.6 is 15.9 Å². The van der Waals surface area contributed by atoms with Crippen LogP contribution in [0, 0.1) is 0 Å². The summed E-state index contributed by atoms with van der Waals surface area (Å²) in [7, 11) is 0. The third-order valence-electron chi connectivity index (χ3n) is 2.25. The Hall–Kier alpha value is -1.10. The molecule has 0 aromatic carbocycles. The second kappa shape index (κ2) is 2.70. The van der Waals surface area contributed by atoms with Crippen LogP contribution in [0.25, 0.3) is 0 Å². The van der Waals surface area contributed by atoms with Crippen molar-refractivity contribution in [1.82, 2.24) is 9.88 Å². The molecule has 0 spiro atoms. The summed E-state index contributed by atoms with van der Waals surface area (Å²) in [6.07, 6.45) is 0. The zero-order valence-corrected chi connectivity index (χ0v) is 9.38. The summed E-state index contributed by atoms with van der Waals surface area (Å²) in [5.74, 6) is -0.209. The number of hydrogen-bond donors (Lipinski definition) is 1. The quantitative estimate of drug-likeness (QED) is 0.755. The summed E-state index contributed by atoms with van der Waals surface area (Å²) in [4.78, 5) is 23.2. The molecule has 0 saturated carbocycles. The number of aromatic nitrogens is 1. The highest BCUT2D eigenvalue weighted by Crippen LogP contribution is 2.20. The number of hydrogen-bond acceptors (Lipinski definition) is 2. The molecule has 1 amide bonds. The number of carbonyl (C=O) groups is 1. The monoisotopic (exact) mass is 256 g/mol. The lowest BCUT2D eigenvalue weighted by Crippen LogP contribution is -2.41. The number of carbonyl (C=O) groups excluding carboxylic acids is 1. The van der Waals surface area contributed by atoms with Crippen molar-refractivity contribution in [1.29, 1.82) is 0 Å². The molecular formula is C9H9BrN2O2. The van der Waals surface area contributed by atoms with Crippen molar-refractivity contribution in [2.45, 2.75) is 19.5 Å². The number of rotatable bonds is 0. The molecule has 1 N–H and O–H groups in total. The van der Waals surface area contributed by atoms with Crippen molar-refractivity contribution >= 4 is 21.8 Å². The Balaban J connectivity index is 2.84. The maximum absolute atomic E-state index is 11.7. The highest BCUT2D eigenvalue weighted by Gasteiger charge is 2.35. The number of halogens is 1. The molecule has 4 nitrogen and oxygen atoms in total. The highest BCUT2D eigenvalue weighted by molar-refractivity contribution is 9.10. The Morgan fingerprint density at radius 2 is 2.00 bits per heavy atom. The molecule has 1 aliphatic rings. The maximum Gasteiger partial charge on any atom is 0.269 e. The van der Waals surface area contributed by atoms with Gasteiger partial charge in [0.05, 0.1) is 4.47 Å². The first kappa shape index (κ1) is 9.45. The van der Waals surface area contributed by atoms with Crippen molar-refractivity contribution in [2.24, 2.45) is 0 Å². The Kier molecular flexibility index (Phi) is 1.82. The van der Waals surface area contributed by atoms with E-state index in [0.717, 1.165) is 0 Å². The molecule has 2 heterocycles. The Labute approximate surface area is 89.1 Å². The van der Waals surface area contributed by atoms with Crippen molar-refractivity contribution in [3.8, 4) is 0 Å². The van der Waals surface area contributed by atoms with Crippen LogP contribution in [0.15, 0.2) is 21.4 Å². The molecule has 14 heavy (non-hydrogen) atoms. The van der Waals surface area contributed by atoms with E-state index in [1.165, 1.54) is 4.57 Å². The van der Waals surface area contributed by atoms with E-state index in [1.807, 2.05) is 0 Å². The summed E-state index contributed by atoms with van der Waals surface area (Å²) in [5.41, 5.74) is -0.429. The van der Waals surface area contributed by atoms with Crippen molar-refractivity contribution in [3.05, 3.63) is 32.7 Å². The molecule has 0 saturated heterocycles. The van der Waals surface area contributed by atoms with Crippen LogP contribution in [0.1, 0.15) is 24.3 Å². The predicted octanol–water partition coefficient (Wildman–Crippen LogP) is 1.05. The molecule has 2 rings (SSSR count). The summed E-state index contributed by atoms with van der Waals surface area (Å²) in [6, 6.07) is 3.23. The lowest BCUT2D eigenvalue weighted by Gasteiger charge is -2.21. The van der Waals surface area contributed by atoms with E-state index in [0.29, 0.717) is 10.2 Å². The molecule has 1 aromatic rings. The Morgan fingerprint density at radius 3 is 2.64 bits per heavy atom. The van der Waals surface area contributed by atoms with Gasteiger partial charge in [-0.1, -0.05) is 0 Å². The predicted molar refractivity (Wildman–Crippen MR) is 55.2 cm³/mol. The van der Waals surface area contributed by atoms with E-state index in [-0.39, 0.29) is 11.5 Å². The van der Waals surface area contributed by atoms with Crippen LogP contribution in [-0.4, -0.2) is 10.5 Å². The van der Waals surface area contributed by atoms with Gasteiger partial charge >= 0.3 is 0 Å². The van der Waals surface area contributed by atoms with Crippen LogP contribution in [0.4, 0.5) is 0 Å². The average Bonchev–Trinajstić information content (AvgIpc) is 2.29. The van der Waals surface area contributed by atoms with Crippen LogP contribution in [0.5, 0.6) is 0 Å². The van der Waals surface area contributed by atoms with Gasteiger partial charge in [-0.15, -0.1) is 0 Å². The van der Waals surface area contributed by atoms with Crippen LogP contribution < -0.4 is 10.9 Å². The summed E-state index contributed by atoms with van der Waals surface area (Å²) in [6.45, 7) is 3.57. The van der Waals surface area contributed by atoms with E-state index < -0.39 is 5.66 Å². The topological polar surface area (TPSA) is 51.1 Å². The first-order valence-corrected chi connectivity index (χ1v) is 4.97. The third kappa shape index (κ3) is 1.12. The van der Waals surface area contributed by atoms with Gasteiger partial charge in [-0.05, 0) is 41.9 Å². The van der Waals surface area contributed by atoms with Crippen molar-refractivity contribution < 1.29 is 4.79 Å². The van der Waals surface area contributed by atoms with Crippen LogP contribution in [-0.2, 0) is 5.66 Å². The first-order chi connectivity index (χ1) is 6.43. The molecule has 1 aromatic heterocycles. The molecule has 5 heteroatoms. The molecule has 0 bridgehead atoms. The number of fused-ring (bicyclic) bond motifs is 1. The highest BCUT2D eigenvalue weighted by atomic mass is 79.9. The van der Waals surface area contributed by atoms with Gasteiger partial charge in [0, 0.05) is 0 Å². The zero-order valence-electron chi connectivity index (χ0n) is 7.80. The smallest absolute Gasteiger partial charge is 0.269 e. The summed E-state index contributed by atoms with van der Waals surface area (Å²) in [5, 5.41) is 2.73. The largest absolute Gasteiger partial charge is 0.328 e. The number of nitrogens with one attached hydrogen (secondary N) is 1. The van der Waals surface area contributed by atoms with Crippen molar-refractivity contribution in [2.75, 3.05) is 0 Å². The van der Waals surface area contributed by atoms with Crippen molar-refractivity contribution in [3.63, 3.8) is 0 Å². The Bertz CT molecular complexity index is 476. The van der Waals surface area contributed by atoms with Gasteiger partial charge < -0.3 is 5.32 Å². The third-order valence-corrected chi connectivity index (χ3v) is 2.85. The summed E-state index contributed by atoms with van der Waals surface area (Å²) >= 11 is 3.15. The fourth-order valence-electron chi connectivity index (χ4n) is 1.64. The first-order valence-electron chi connectivity index (χ1n) is 4.18. The second-order valence-electron chi connectivity index (χ2n) is 3.72. The minimum Gasteiger partial charge on any atom is -0.328 e. The van der Waals surface area contributed by atoms with Crippen LogP contribution in [0.2, 0.25) is 0 Å². The van der Waals surface area contributed by atoms with Gasteiger partial charge in [-0.2, -0.15) is 0 Å². The Morgan fingerprint density at radius 1 is 1.36 bits per heavy atom. The second-order valence-corrected chi connectivity index (χ2v) is 4.57. The minimum absolute atomic E-state index is 0.189. The van der Waals surface area contributed by atoms with Gasteiger partial charge in [0.15, 0.2) is 0 Å². The SMILES string of the molecule is CC1(C)NC(=O)c2ccc(Br)c(=O)n21. The fourth-order valence-corrected chi connectivity index (χ4v) is 1.95. The van der Waals surface area contributed by atoms with E-state index >= 15 is 0 Å².